The first-order valence-electron chi connectivity index (χ1n) is 12.1. The molecule has 35 heavy (non-hydrogen) atoms. The van der Waals surface area contributed by atoms with Crippen LogP contribution in [0.2, 0.25) is 0 Å². The van der Waals surface area contributed by atoms with E-state index in [1.807, 2.05) is 51.8 Å². The number of thioether (sulfide) groups is 1. The van der Waals surface area contributed by atoms with Gasteiger partial charge in [0.2, 0.25) is 11.7 Å². The van der Waals surface area contributed by atoms with Gasteiger partial charge in [0, 0.05) is 18.8 Å². The summed E-state index contributed by atoms with van der Waals surface area (Å²) in [5.74, 6) is 1.59. The Kier molecular flexibility index (Phi) is 6.77. The van der Waals surface area contributed by atoms with Crippen LogP contribution in [0.15, 0.2) is 52.4 Å². The number of benzene rings is 2. The van der Waals surface area contributed by atoms with Gasteiger partial charge in [0.15, 0.2) is 5.16 Å². The van der Waals surface area contributed by atoms with Gasteiger partial charge < -0.3 is 9.64 Å². The lowest BCUT2D eigenvalue weighted by Crippen LogP contribution is -2.36. The molecule has 0 saturated carbocycles. The number of carbonyl (C=O) groups excluding carboxylic acids is 1. The van der Waals surface area contributed by atoms with Crippen molar-refractivity contribution in [1.82, 2.24) is 19.2 Å². The van der Waals surface area contributed by atoms with Gasteiger partial charge in [0.05, 0.1) is 23.8 Å². The monoisotopic (exact) mass is 491 g/mol. The average molecular weight is 492 g/mol. The number of carbonyl (C=O) groups is 1. The summed E-state index contributed by atoms with van der Waals surface area (Å²) in [4.78, 5) is 28.3. The molecule has 0 N–H and O–H groups in total. The maximum Gasteiger partial charge on any atom is 0.262 e. The number of hydrogen-bond donors (Lipinski definition) is 0. The minimum Gasteiger partial charge on any atom is -0.497 e. The molecule has 8 nitrogen and oxygen atoms in total. The number of amides is 1. The zero-order valence-electron chi connectivity index (χ0n) is 20.1. The summed E-state index contributed by atoms with van der Waals surface area (Å²) in [7, 11) is 1.65. The number of fused-ring (bicyclic) bond motifs is 4. The number of hydrogen-bond acceptors (Lipinski definition) is 6. The largest absolute Gasteiger partial charge is 0.497 e. The molecule has 0 atom stereocenters. The maximum atomic E-state index is 13.3. The number of aromatic nitrogens is 4. The Labute approximate surface area is 207 Å². The van der Waals surface area contributed by atoms with Crippen molar-refractivity contribution in [2.75, 3.05) is 24.3 Å². The second-order valence-corrected chi connectivity index (χ2v) is 9.67. The van der Waals surface area contributed by atoms with E-state index in [-0.39, 0.29) is 17.2 Å². The van der Waals surface area contributed by atoms with Crippen LogP contribution in [0.3, 0.4) is 0 Å². The van der Waals surface area contributed by atoms with E-state index in [1.165, 1.54) is 11.8 Å². The van der Waals surface area contributed by atoms with Crippen LogP contribution in [0, 0.1) is 0 Å². The van der Waals surface area contributed by atoms with Gasteiger partial charge in [0.1, 0.15) is 5.75 Å². The number of aryl methyl sites for hydroxylation is 2. The van der Waals surface area contributed by atoms with Crippen molar-refractivity contribution in [3.8, 4) is 5.75 Å². The highest BCUT2D eigenvalue weighted by molar-refractivity contribution is 7.99. The van der Waals surface area contributed by atoms with Gasteiger partial charge >= 0.3 is 0 Å². The van der Waals surface area contributed by atoms with Crippen molar-refractivity contribution in [2.24, 2.45) is 0 Å². The highest BCUT2D eigenvalue weighted by Gasteiger charge is 2.24. The number of rotatable bonds is 8. The number of anilines is 1. The summed E-state index contributed by atoms with van der Waals surface area (Å²) in [6, 6.07) is 13.4. The van der Waals surface area contributed by atoms with Crippen molar-refractivity contribution in [1.29, 1.82) is 0 Å². The first-order valence-corrected chi connectivity index (χ1v) is 13.1. The Morgan fingerprint density at radius 2 is 2.00 bits per heavy atom. The molecule has 0 aliphatic carbocycles. The molecule has 5 rings (SSSR count). The molecule has 0 unspecified atom stereocenters. The Hall–Kier alpha value is -3.33. The summed E-state index contributed by atoms with van der Waals surface area (Å²) in [6.07, 6.45) is 4.86. The zero-order chi connectivity index (χ0) is 24.4. The van der Waals surface area contributed by atoms with E-state index in [0.717, 1.165) is 54.6 Å². The van der Waals surface area contributed by atoms with Crippen LogP contribution in [0.1, 0.15) is 38.2 Å². The SMILES string of the molecule is CCCCCn1c(=O)c2ccccc2n2c(SCC(=O)N3CCCc4cc(OC)ccc43)nnc12. The minimum atomic E-state index is -0.0513. The van der Waals surface area contributed by atoms with Crippen molar-refractivity contribution in [3.05, 3.63) is 58.4 Å². The van der Waals surface area contributed by atoms with Crippen LogP contribution in [-0.4, -0.2) is 44.5 Å². The number of unbranched alkanes of at least 4 members (excludes halogenated alkanes) is 2. The van der Waals surface area contributed by atoms with Gasteiger partial charge in [-0.2, -0.15) is 0 Å². The zero-order valence-corrected chi connectivity index (χ0v) is 20.9. The van der Waals surface area contributed by atoms with Crippen LogP contribution in [0.25, 0.3) is 16.7 Å². The Morgan fingerprint density at radius 1 is 1.14 bits per heavy atom. The van der Waals surface area contributed by atoms with E-state index in [1.54, 1.807) is 11.7 Å². The summed E-state index contributed by atoms with van der Waals surface area (Å²) in [6.45, 7) is 3.43. The third-order valence-corrected chi connectivity index (χ3v) is 7.41. The molecular weight excluding hydrogens is 462 g/mol. The molecule has 3 heterocycles. The normalized spacial score (nSPS) is 13.4. The van der Waals surface area contributed by atoms with Gasteiger partial charge in [-0.25, -0.2) is 0 Å². The molecule has 0 bridgehead atoms. The van der Waals surface area contributed by atoms with Gasteiger partial charge in [-0.05, 0) is 55.2 Å². The third kappa shape index (κ3) is 4.40. The van der Waals surface area contributed by atoms with Crippen molar-refractivity contribution in [3.63, 3.8) is 0 Å². The second kappa shape index (κ2) is 10.1. The second-order valence-electron chi connectivity index (χ2n) is 8.73. The lowest BCUT2D eigenvalue weighted by atomic mass is 10.0. The Balaban J connectivity index is 1.45. The van der Waals surface area contributed by atoms with Crippen LogP contribution in [0.4, 0.5) is 5.69 Å². The first-order chi connectivity index (χ1) is 17.1. The molecule has 1 aliphatic heterocycles. The van der Waals surface area contributed by atoms with Gasteiger partial charge in [-0.3, -0.25) is 18.6 Å². The van der Waals surface area contributed by atoms with Gasteiger partial charge in [-0.1, -0.05) is 43.7 Å². The topological polar surface area (TPSA) is 81.7 Å². The quantitative estimate of drug-likeness (QED) is 0.270. The van der Waals surface area contributed by atoms with Gasteiger partial charge in [-0.15, -0.1) is 10.2 Å². The van der Waals surface area contributed by atoms with E-state index in [4.69, 9.17) is 4.74 Å². The predicted octanol–water partition coefficient (Wildman–Crippen LogP) is 4.31. The smallest absolute Gasteiger partial charge is 0.262 e. The molecule has 1 amide bonds. The standard InChI is InChI=1S/C26H29N5O3S/c1-3-4-7-14-30-24(33)20-10-5-6-11-22(20)31-25(30)27-28-26(31)35-17-23(32)29-15-8-9-18-16-19(34-2)12-13-21(18)29/h5-6,10-13,16H,3-4,7-9,14-15,17H2,1-2H3. The molecular formula is C26H29N5O3S. The predicted molar refractivity (Wildman–Crippen MR) is 139 cm³/mol. The summed E-state index contributed by atoms with van der Waals surface area (Å²) in [5.41, 5.74) is 2.78. The number of para-hydroxylation sites is 1. The lowest BCUT2D eigenvalue weighted by molar-refractivity contribution is -0.116. The summed E-state index contributed by atoms with van der Waals surface area (Å²) >= 11 is 1.36. The van der Waals surface area contributed by atoms with Crippen LogP contribution in [0.5, 0.6) is 5.75 Å². The highest BCUT2D eigenvalue weighted by Crippen LogP contribution is 2.31. The van der Waals surface area contributed by atoms with E-state index < -0.39 is 0 Å². The first kappa shape index (κ1) is 23.4. The Morgan fingerprint density at radius 3 is 2.83 bits per heavy atom. The number of ether oxygens (including phenoxy) is 1. The van der Waals surface area contributed by atoms with E-state index in [9.17, 15) is 9.59 Å². The maximum absolute atomic E-state index is 13.3. The third-order valence-electron chi connectivity index (χ3n) is 6.49. The number of methoxy groups -OCH3 is 1. The van der Waals surface area contributed by atoms with Crippen molar-refractivity contribution in [2.45, 2.75) is 50.7 Å². The molecule has 9 heteroatoms. The molecule has 1 aliphatic rings. The summed E-state index contributed by atoms with van der Waals surface area (Å²) in [5, 5.41) is 10.00. The molecule has 2 aromatic carbocycles. The van der Waals surface area contributed by atoms with Crippen LogP contribution >= 0.6 is 11.8 Å². The lowest BCUT2D eigenvalue weighted by Gasteiger charge is -2.29. The van der Waals surface area contributed by atoms with Crippen molar-refractivity contribution < 1.29 is 9.53 Å². The molecule has 182 valence electrons. The molecule has 4 aromatic rings. The molecule has 0 fully saturated rings. The summed E-state index contributed by atoms with van der Waals surface area (Å²) < 4.78 is 8.97. The van der Waals surface area contributed by atoms with Crippen LogP contribution < -0.4 is 15.2 Å². The number of nitrogens with zero attached hydrogens (tertiary/aromatic N) is 5. The molecule has 0 saturated heterocycles. The average Bonchev–Trinajstić information content (AvgIpc) is 3.32. The van der Waals surface area contributed by atoms with Gasteiger partial charge in [0.25, 0.3) is 5.56 Å². The van der Waals surface area contributed by atoms with Crippen molar-refractivity contribution >= 4 is 40.0 Å². The highest BCUT2D eigenvalue weighted by atomic mass is 32.2. The van der Waals surface area contributed by atoms with Crippen LogP contribution in [-0.2, 0) is 17.8 Å². The molecule has 0 spiro atoms. The molecule has 2 aromatic heterocycles. The Bertz CT molecular complexity index is 1440. The van der Waals surface area contributed by atoms with E-state index >= 15 is 0 Å². The fourth-order valence-corrected chi connectivity index (χ4v) is 5.53. The minimum absolute atomic E-state index is 0.0263. The molecule has 0 radical (unpaired) electrons. The fourth-order valence-electron chi connectivity index (χ4n) is 4.71. The van der Waals surface area contributed by atoms with E-state index in [0.29, 0.717) is 29.4 Å². The fraction of sp³-hybridized carbons (Fsp3) is 0.385. The van der Waals surface area contributed by atoms with E-state index in [2.05, 4.69) is 17.1 Å².